The lowest BCUT2D eigenvalue weighted by Crippen LogP contribution is -2.40. The summed E-state index contributed by atoms with van der Waals surface area (Å²) in [5.41, 5.74) is -0.103. The Hall–Kier alpha value is -2.89. The minimum Gasteiger partial charge on any atom is -0.367 e. The highest BCUT2D eigenvalue weighted by molar-refractivity contribution is 5.82. The van der Waals surface area contributed by atoms with Crippen molar-refractivity contribution in [2.75, 3.05) is 11.9 Å². The lowest BCUT2D eigenvalue weighted by molar-refractivity contribution is 0.112. The van der Waals surface area contributed by atoms with Crippen LogP contribution in [0, 0.1) is 0 Å². The number of carbonyl (C=O) groups excluding carboxylic acids is 1. The molecule has 0 aliphatic rings. The van der Waals surface area contributed by atoms with E-state index in [2.05, 4.69) is 5.32 Å². The van der Waals surface area contributed by atoms with Gasteiger partial charge in [0.1, 0.15) is 11.4 Å². The van der Waals surface area contributed by atoms with E-state index < -0.39 is 11.2 Å². The molecule has 2 rings (SSSR count). The van der Waals surface area contributed by atoms with Gasteiger partial charge in [-0.2, -0.15) is 0 Å². The predicted octanol–water partition coefficient (Wildman–Crippen LogP) is 1.02. The molecule has 22 heavy (non-hydrogen) atoms. The second kappa shape index (κ2) is 6.71. The molecule has 1 heterocycles. The molecule has 0 amide bonds. The van der Waals surface area contributed by atoms with Crippen molar-refractivity contribution in [3.8, 4) is 0 Å². The summed E-state index contributed by atoms with van der Waals surface area (Å²) in [6.45, 7) is 0.385. The second-order valence-electron chi connectivity index (χ2n) is 4.78. The fraction of sp³-hybridized carbons (Fsp3) is 0.188. The summed E-state index contributed by atoms with van der Waals surface area (Å²) in [6, 6.07) is 9.72. The van der Waals surface area contributed by atoms with Crippen molar-refractivity contribution in [3.63, 3.8) is 0 Å². The Bertz CT molecular complexity index is 817. The van der Waals surface area contributed by atoms with Gasteiger partial charge in [-0.3, -0.25) is 18.7 Å². The molecule has 114 valence electrons. The van der Waals surface area contributed by atoms with E-state index in [0.717, 1.165) is 10.1 Å². The van der Waals surface area contributed by atoms with Crippen LogP contribution >= 0.6 is 0 Å². The summed E-state index contributed by atoms with van der Waals surface area (Å²) in [5.74, 6) is 0.223. The molecule has 1 aromatic heterocycles. The fourth-order valence-electron chi connectivity index (χ4n) is 2.10. The van der Waals surface area contributed by atoms with E-state index in [4.69, 9.17) is 0 Å². The van der Waals surface area contributed by atoms with Crippen molar-refractivity contribution in [3.05, 3.63) is 68.4 Å². The number of nitrogens with zero attached hydrogens (tertiary/aromatic N) is 2. The van der Waals surface area contributed by atoms with Crippen LogP contribution in [0.25, 0.3) is 6.08 Å². The number of benzene rings is 1. The van der Waals surface area contributed by atoms with E-state index in [0.29, 0.717) is 12.8 Å². The highest BCUT2D eigenvalue weighted by Gasteiger charge is 2.13. The van der Waals surface area contributed by atoms with Crippen LogP contribution < -0.4 is 16.6 Å². The maximum Gasteiger partial charge on any atom is 0.332 e. The van der Waals surface area contributed by atoms with Gasteiger partial charge in [0.05, 0.1) is 0 Å². The number of anilines is 1. The average molecular weight is 299 g/mol. The monoisotopic (exact) mass is 299 g/mol. The third-order valence-electron chi connectivity index (χ3n) is 3.31. The molecule has 0 saturated heterocycles. The first-order valence-electron chi connectivity index (χ1n) is 6.77. The van der Waals surface area contributed by atoms with Crippen molar-refractivity contribution in [2.24, 2.45) is 14.1 Å². The molecule has 0 radical (unpaired) electrons. The first kappa shape index (κ1) is 15.5. The number of rotatable bonds is 5. The number of nitrogens with one attached hydrogen (secondary N) is 1. The van der Waals surface area contributed by atoms with Crippen molar-refractivity contribution >= 4 is 18.2 Å². The van der Waals surface area contributed by atoms with Gasteiger partial charge in [-0.25, -0.2) is 4.79 Å². The third-order valence-corrected chi connectivity index (χ3v) is 3.31. The van der Waals surface area contributed by atoms with Gasteiger partial charge < -0.3 is 5.32 Å². The van der Waals surface area contributed by atoms with Gasteiger partial charge in [-0.1, -0.05) is 42.5 Å². The average Bonchev–Trinajstić information content (AvgIpc) is 2.55. The van der Waals surface area contributed by atoms with Gasteiger partial charge in [0.2, 0.25) is 0 Å². The number of hydrogen-bond donors (Lipinski definition) is 1. The van der Waals surface area contributed by atoms with Crippen LogP contribution in [0.4, 0.5) is 5.82 Å². The Balaban J connectivity index is 2.24. The lowest BCUT2D eigenvalue weighted by atomic mass is 10.2. The van der Waals surface area contributed by atoms with Crippen LogP contribution in [0.15, 0.2) is 46.0 Å². The van der Waals surface area contributed by atoms with Gasteiger partial charge in [0, 0.05) is 20.6 Å². The molecule has 0 atom stereocenters. The zero-order chi connectivity index (χ0) is 16.1. The summed E-state index contributed by atoms with van der Waals surface area (Å²) in [6.07, 6.45) is 4.23. The fourth-order valence-corrected chi connectivity index (χ4v) is 2.10. The molecule has 0 spiro atoms. The van der Waals surface area contributed by atoms with E-state index in [1.54, 1.807) is 0 Å². The molecular formula is C16H17N3O3. The highest BCUT2D eigenvalue weighted by Crippen LogP contribution is 2.06. The Morgan fingerprint density at radius 2 is 1.77 bits per heavy atom. The molecule has 6 nitrogen and oxygen atoms in total. The summed E-state index contributed by atoms with van der Waals surface area (Å²) in [7, 11) is 2.86. The van der Waals surface area contributed by atoms with E-state index in [1.165, 1.54) is 18.7 Å². The zero-order valence-electron chi connectivity index (χ0n) is 12.4. The number of carbonyl (C=O) groups is 1. The quantitative estimate of drug-likeness (QED) is 0.837. The van der Waals surface area contributed by atoms with Gasteiger partial charge >= 0.3 is 5.69 Å². The number of aldehydes is 1. The van der Waals surface area contributed by atoms with Crippen LogP contribution in [0.5, 0.6) is 0 Å². The number of hydrogen-bond acceptors (Lipinski definition) is 4. The van der Waals surface area contributed by atoms with Crippen LogP contribution in [-0.4, -0.2) is 22.0 Å². The van der Waals surface area contributed by atoms with Crippen LogP contribution in [-0.2, 0) is 14.1 Å². The molecule has 0 fully saturated rings. The number of aromatic nitrogens is 2. The molecule has 6 heteroatoms. The first-order valence-corrected chi connectivity index (χ1v) is 6.77. The molecule has 2 aromatic rings. The molecule has 1 aromatic carbocycles. The summed E-state index contributed by atoms with van der Waals surface area (Å²) in [4.78, 5) is 34.9. The molecule has 0 bridgehead atoms. The van der Waals surface area contributed by atoms with Crippen molar-refractivity contribution in [1.29, 1.82) is 0 Å². The van der Waals surface area contributed by atoms with Crippen LogP contribution in [0.1, 0.15) is 15.9 Å². The highest BCUT2D eigenvalue weighted by atomic mass is 16.2. The summed E-state index contributed by atoms with van der Waals surface area (Å²) >= 11 is 0. The SMILES string of the molecule is Cn1c(NC/C=C/c2ccccc2)c(C=O)c(=O)n(C)c1=O. The topological polar surface area (TPSA) is 73.1 Å². The zero-order valence-corrected chi connectivity index (χ0v) is 12.4. The molecule has 0 aliphatic heterocycles. The Morgan fingerprint density at radius 1 is 1.09 bits per heavy atom. The maximum absolute atomic E-state index is 11.9. The minimum atomic E-state index is -0.604. The van der Waals surface area contributed by atoms with Gasteiger partial charge in [0.25, 0.3) is 5.56 Å². The summed E-state index contributed by atoms with van der Waals surface area (Å²) < 4.78 is 2.16. The van der Waals surface area contributed by atoms with Crippen LogP contribution in [0.2, 0.25) is 0 Å². The van der Waals surface area contributed by atoms with E-state index in [-0.39, 0.29) is 11.4 Å². The minimum absolute atomic E-state index is 0.0577. The van der Waals surface area contributed by atoms with E-state index >= 15 is 0 Å². The van der Waals surface area contributed by atoms with Gasteiger partial charge in [0.15, 0.2) is 6.29 Å². The van der Waals surface area contributed by atoms with Gasteiger partial charge in [-0.15, -0.1) is 0 Å². The predicted molar refractivity (Wildman–Crippen MR) is 86.3 cm³/mol. The standard InChI is InChI=1S/C16H17N3O3/c1-18-14(13(11-20)15(21)19(2)16(18)22)17-10-6-9-12-7-4-3-5-8-12/h3-9,11,17H,10H2,1-2H3/b9-6+. The second-order valence-corrected chi connectivity index (χ2v) is 4.78. The molecule has 0 aliphatic carbocycles. The van der Waals surface area contributed by atoms with Crippen LogP contribution in [0.3, 0.4) is 0 Å². The van der Waals surface area contributed by atoms with E-state index in [9.17, 15) is 14.4 Å². The molecular weight excluding hydrogens is 282 g/mol. The Labute approximate surface area is 127 Å². The lowest BCUT2D eigenvalue weighted by Gasteiger charge is -2.12. The first-order chi connectivity index (χ1) is 10.6. The van der Waals surface area contributed by atoms with Crippen molar-refractivity contribution in [1.82, 2.24) is 9.13 Å². The third kappa shape index (κ3) is 3.06. The normalized spacial score (nSPS) is 10.8. The Morgan fingerprint density at radius 3 is 2.41 bits per heavy atom. The van der Waals surface area contributed by atoms with Crippen molar-refractivity contribution < 1.29 is 4.79 Å². The smallest absolute Gasteiger partial charge is 0.332 e. The largest absolute Gasteiger partial charge is 0.367 e. The summed E-state index contributed by atoms with van der Waals surface area (Å²) in [5, 5.41) is 2.94. The van der Waals surface area contributed by atoms with E-state index in [1.807, 2.05) is 42.5 Å². The molecule has 0 unspecified atom stereocenters. The van der Waals surface area contributed by atoms with Crippen molar-refractivity contribution in [2.45, 2.75) is 0 Å². The molecule has 0 saturated carbocycles. The van der Waals surface area contributed by atoms with Gasteiger partial charge in [-0.05, 0) is 5.56 Å². The Kier molecular flexibility index (Phi) is 4.73. The maximum atomic E-state index is 11.9. The molecule has 1 N–H and O–H groups in total.